The van der Waals surface area contributed by atoms with Gasteiger partial charge in [-0.1, -0.05) is 58.3 Å². The van der Waals surface area contributed by atoms with Crippen molar-refractivity contribution in [3.63, 3.8) is 0 Å². The van der Waals surface area contributed by atoms with Crippen LogP contribution in [0.15, 0.2) is 0 Å². The fourth-order valence-electron chi connectivity index (χ4n) is 1.78. The molecule has 0 atom stereocenters. The predicted octanol–water partition coefficient (Wildman–Crippen LogP) is 3.65. The van der Waals surface area contributed by atoms with Gasteiger partial charge in [-0.05, 0) is 6.42 Å². The third kappa shape index (κ3) is 13.1. The number of ether oxygens (including phenoxy) is 1. The van der Waals surface area contributed by atoms with Gasteiger partial charge in [-0.15, -0.1) is 0 Å². The molecule has 0 bridgehead atoms. The molecule has 3 nitrogen and oxygen atoms in total. The second kappa shape index (κ2) is 13.2. The van der Waals surface area contributed by atoms with Crippen LogP contribution in [0.5, 0.6) is 0 Å². The lowest BCUT2D eigenvalue weighted by Crippen LogP contribution is -2.05. The van der Waals surface area contributed by atoms with Crippen LogP contribution in [0.1, 0.15) is 71.1 Å². The van der Waals surface area contributed by atoms with Crippen molar-refractivity contribution in [1.82, 2.24) is 0 Å². The Balaban J connectivity index is 3.07. The van der Waals surface area contributed by atoms with Gasteiger partial charge in [0.2, 0.25) is 0 Å². The minimum atomic E-state index is -0.250. The molecule has 0 aliphatic rings. The molecular formula is C14H26O3. The van der Waals surface area contributed by atoms with Gasteiger partial charge >= 0.3 is 5.97 Å². The van der Waals surface area contributed by atoms with Crippen molar-refractivity contribution in [3.05, 3.63) is 0 Å². The van der Waals surface area contributed by atoms with Gasteiger partial charge in [0.25, 0.3) is 0 Å². The van der Waals surface area contributed by atoms with Gasteiger partial charge in [0.1, 0.15) is 6.61 Å². The van der Waals surface area contributed by atoms with Crippen LogP contribution in [0.2, 0.25) is 0 Å². The summed E-state index contributed by atoms with van der Waals surface area (Å²) in [6.45, 7) is 2.12. The van der Waals surface area contributed by atoms with Crippen molar-refractivity contribution in [1.29, 1.82) is 0 Å². The van der Waals surface area contributed by atoms with Crippen molar-refractivity contribution in [3.8, 4) is 0 Å². The summed E-state index contributed by atoms with van der Waals surface area (Å²) in [7, 11) is 0. The summed E-state index contributed by atoms with van der Waals surface area (Å²) >= 11 is 0. The van der Waals surface area contributed by atoms with Crippen LogP contribution in [-0.4, -0.2) is 18.9 Å². The molecule has 100 valence electrons. The van der Waals surface area contributed by atoms with Gasteiger partial charge in [0.15, 0.2) is 6.29 Å². The standard InChI is InChI=1S/C14H26O3/c1-2-3-4-5-6-7-8-9-10-11-14(16)17-13-12-15/h12H,2-11,13H2,1H3. The highest BCUT2D eigenvalue weighted by atomic mass is 16.5. The van der Waals surface area contributed by atoms with Gasteiger partial charge in [-0.3, -0.25) is 9.59 Å². The molecule has 0 rings (SSSR count). The zero-order valence-electron chi connectivity index (χ0n) is 11.1. The van der Waals surface area contributed by atoms with Crippen LogP contribution in [0.4, 0.5) is 0 Å². The molecular weight excluding hydrogens is 216 g/mol. The van der Waals surface area contributed by atoms with Crippen LogP contribution < -0.4 is 0 Å². The number of hydrogen-bond acceptors (Lipinski definition) is 3. The van der Waals surface area contributed by atoms with E-state index in [1.54, 1.807) is 0 Å². The van der Waals surface area contributed by atoms with E-state index >= 15 is 0 Å². The summed E-state index contributed by atoms with van der Waals surface area (Å²) in [5, 5.41) is 0. The first-order valence-corrected chi connectivity index (χ1v) is 6.90. The average Bonchev–Trinajstić information content (AvgIpc) is 2.34. The minimum Gasteiger partial charge on any atom is -0.458 e. The lowest BCUT2D eigenvalue weighted by atomic mass is 10.1. The molecule has 0 aliphatic heterocycles. The minimum absolute atomic E-state index is 0.101. The van der Waals surface area contributed by atoms with Crippen LogP contribution >= 0.6 is 0 Å². The molecule has 0 saturated carbocycles. The summed E-state index contributed by atoms with van der Waals surface area (Å²) in [5.74, 6) is -0.250. The number of aldehydes is 1. The van der Waals surface area contributed by atoms with Crippen LogP contribution in [0.25, 0.3) is 0 Å². The van der Waals surface area contributed by atoms with Gasteiger partial charge in [0, 0.05) is 6.42 Å². The van der Waals surface area contributed by atoms with Crippen molar-refractivity contribution >= 4 is 12.3 Å². The molecule has 17 heavy (non-hydrogen) atoms. The largest absolute Gasteiger partial charge is 0.458 e. The van der Waals surface area contributed by atoms with E-state index in [-0.39, 0.29) is 12.6 Å². The maximum atomic E-state index is 11.0. The Labute approximate surface area is 105 Å². The SMILES string of the molecule is CCCCCCCCCCCC(=O)OCC=O. The smallest absolute Gasteiger partial charge is 0.306 e. The van der Waals surface area contributed by atoms with Gasteiger partial charge in [-0.25, -0.2) is 0 Å². The second-order valence-corrected chi connectivity index (χ2v) is 4.43. The zero-order chi connectivity index (χ0) is 12.8. The number of rotatable bonds is 12. The van der Waals surface area contributed by atoms with Crippen LogP contribution in [0, 0.1) is 0 Å². The number of carbonyl (C=O) groups excluding carboxylic acids is 2. The average molecular weight is 242 g/mol. The van der Waals surface area contributed by atoms with Gasteiger partial charge < -0.3 is 4.74 Å². The molecule has 0 unspecified atom stereocenters. The molecule has 0 aromatic carbocycles. The monoisotopic (exact) mass is 242 g/mol. The maximum Gasteiger partial charge on any atom is 0.306 e. The molecule has 0 saturated heterocycles. The highest BCUT2D eigenvalue weighted by Gasteiger charge is 2.01. The Morgan fingerprint density at radius 2 is 1.47 bits per heavy atom. The first kappa shape index (κ1) is 16.1. The van der Waals surface area contributed by atoms with E-state index in [0.29, 0.717) is 12.7 Å². The zero-order valence-corrected chi connectivity index (χ0v) is 11.1. The Morgan fingerprint density at radius 3 is 2.00 bits per heavy atom. The number of esters is 1. The van der Waals surface area contributed by atoms with Crippen molar-refractivity contribution in [2.24, 2.45) is 0 Å². The Bertz CT molecular complexity index is 190. The molecule has 0 radical (unpaired) electrons. The summed E-state index contributed by atoms with van der Waals surface area (Å²) in [4.78, 5) is 21.0. The van der Waals surface area contributed by atoms with Gasteiger partial charge in [-0.2, -0.15) is 0 Å². The summed E-state index contributed by atoms with van der Waals surface area (Å²) in [5.41, 5.74) is 0. The molecule has 0 fully saturated rings. The maximum absolute atomic E-state index is 11.0. The molecule has 0 aliphatic carbocycles. The third-order valence-electron chi connectivity index (χ3n) is 2.80. The fourth-order valence-corrected chi connectivity index (χ4v) is 1.78. The van der Waals surface area contributed by atoms with Crippen molar-refractivity contribution in [2.75, 3.05) is 6.61 Å². The second-order valence-electron chi connectivity index (χ2n) is 4.43. The Hall–Kier alpha value is -0.860. The summed E-state index contributed by atoms with van der Waals surface area (Å²) in [6.07, 6.45) is 12.2. The van der Waals surface area contributed by atoms with Crippen molar-refractivity contribution in [2.45, 2.75) is 71.1 Å². The first-order chi connectivity index (χ1) is 8.31. The molecule has 0 N–H and O–H groups in total. The fraction of sp³-hybridized carbons (Fsp3) is 0.857. The summed E-state index contributed by atoms with van der Waals surface area (Å²) < 4.78 is 4.66. The Morgan fingerprint density at radius 1 is 0.941 bits per heavy atom. The van der Waals surface area contributed by atoms with E-state index < -0.39 is 0 Å². The quantitative estimate of drug-likeness (QED) is 0.298. The molecule has 0 aromatic heterocycles. The molecule has 0 aromatic rings. The van der Waals surface area contributed by atoms with E-state index in [0.717, 1.165) is 12.8 Å². The lowest BCUT2D eigenvalue weighted by molar-refractivity contribution is -0.145. The van der Waals surface area contributed by atoms with Crippen LogP contribution in [-0.2, 0) is 14.3 Å². The van der Waals surface area contributed by atoms with E-state index in [9.17, 15) is 9.59 Å². The molecule has 0 amide bonds. The first-order valence-electron chi connectivity index (χ1n) is 6.90. The Kier molecular flexibility index (Phi) is 12.5. The molecule has 3 heteroatoms. The molecule has 0 spiro atoms. The normalized spacial score (nSPS) is 10.2. The number of hydrogen-bond donors (Lipinski definition) is 0. The third-order valence-corrected chi connectivity index (χ3v) is 2.80. The van der Waals surface area contributed by atoms with Crippen molar-refractivity contribution < 1.29 is 14.3 Å². The lowest BCUT2D eigenvalue weighted by Gasteiger charge is -2.02. The highest BCUT2D eigenvalue weighted by Crippen LogP contribution is 2.10. The van der Waals surface area contributed by atoms with E-state index in [1.807, 2.05) is 0 Å². The predicted molar refractivity (Wildman–Crippen MR) is 68.9 cm³/mol. The number of unbranched alkanes of at least 4 members (excludes halogenated alkanes) is 8. The topological polar surface area (TPSA) is 43.4 Å². The highest BCUT2D eigenvalue weighted by molar-refractivity contribution is 5.71. The van der Waals surface area contributed by atoms with E-state index in [2.05, 4.69) is 11.7 Å². The molecule has 0 heterocycles. The van der Waals surface area contributed by atoms with Crippen LogP contribution in [0.3, 0.4) is 0 Å². The van der Waals surface area contributed by atoms with E-state index in [1.165, 1.54) is 44.9 Å². The van der Waals surface area contributed by atoms with E-state index in [4.69, 9.17) is 0 Å². The summed E-state index contributed by atoms with van der Waals surface area (Å²) in [6, 6.07) is 0. The van der Waals surface area contributed by atoms with Gasteiger partial charge in [0.05, 0.1) is 0 Å². The number of carbonyl (C=O) groups is 2.